The van der Waals surface area contributed by atoms with E-state index in [1.165, 1.54) is 0 Å². The number of carbonyl (C=O) groups excluding carboxylic acids is 2. The third-order valence-corrected chi connectivity index (χ3v) is 5.84. The highest BCUT2D eigenvalue weighted by Crippen LogP contribution is 2.28. The molecule has 0 radical (unpaired) electrons. The van der Waals surface area contributed by atoms with Crippen molar-refractivity contribution in [2.75, 3.05) is 52.4 Å². The average Bonchev–Trinajstić information content (AvgIpc) is 2.77. The summed E-state index contributed by atoms with van der Waals surface area (Å²) in [5, 5.41) is 24.8. The highest BCUT2D eigenvalue weighted by atomic mass is 16.5. The zero-order chi connectivity index (χ0) is 22.9. The van der Waals surface area contributed by atoms with Gasteiger partial charge in [-0.05, 0) is 49.4 Å². The molecule has 3 atom stereocenters. The van der Waals surface area contributed by atoms with E-state index in [1.54, 1.807) is 24.3 Å². The van der Waals surface area contributed by atoms with Crippen LogP contribution in [0.25, 0.3) is 0 Å². The van der Waals surface area contributed by atoms with Gasteiger partial charge < -0.3 is 25.4 Å². The zero-order valence-electron chi connectivity index (χ0n) is 18.6. The summed E-state index contributed by atoms with van der Waals surface area (Å²) in [7, 11) is 0. The van der Waals surface area contributed by atoms with Gasteiger partial charge in [0.25, 0.3) is 0 Å². The van der Waals surface area contributed by atoms with Gasteiger partial charge in [-0.1, -0.05) is 0 Å². The number of piperidine rings is 2. The number of fused-ring (bicyclic) bond motifs is 2. The Hall–Kier alpha value is -2.83. The van der Waals surface area contributed by atoms with Crippen LogP contribution in [0.15, 0.2) is 24.3 Å². The van der Waals surface area contributed by atoms with E-state index in [4.69, 9.17) is 10.00 Å². The second-order valence-electron chi connectivity index (χ2n) is 8.63. The van der Waals surface area contributed by atoms with Crippen LogP contribution in [0.3, 0.4) is 0 Å². The van der Waals surface area contributed by atoms with Gasteiger partial charge in [0, 0.05) is 52.2 Å². The number of amides is 3. The van der Waals surface area contributed by atoms with E-state index in [1.807, 2.05) is 11.8 Å². The quantitative estimate of drug-likeness (QED) is 0.519. The van der Waals surface area contributed by atoms with Gasteiger partial charge in [-0.15, -0.1) is 0 Å². The number of nitrogens with one attached hydrogen (secondary N) is 2. The number of rotatable bonds is 9. The maximum Gasteiger partial charge on any atom is 0.317 e. The fraction of sp³-hybridized carbons (Fsp3) is 0.609. The molecule has 1 aromatic carbocycles. The molecule has 2 aliphatic heterocycles. The number of β-amino-alcohol motifs (C(OH)–C–C–N with tert-alkyl or cyclic N) is 1. The SMILES string of the molecule is CCNC(=O)CCNC(=O)N1CC2CC(CN(CC(O)COc3ccc(C#N)cc3)C2)C1. The van der Waals surface area contributed by atoms with Crippen LogP contribution in [0.5, 0.6) is 5.75 Å². The Bertz CT molecular complexity index is 796. The van der Waals surface area contributed by atoms with E-state index in [0.29, 0.717) is 55.9 Å². The summed E-state index contributed by atoms with van der Waals surface area (Å²) in [5.41, 5.74) is 0.572. The molecule has 2 bridgehead atoms. The highest BCUT2D eigenvalue weighted by molar-refractivity contribution is 5.78. The lowest BCUT2D eigenvalue weighted by Gasteiger charge is -2.46. The van der Waals surface area contributed by atoms with Gasteiger partial charge >= 0.3 is 6.03 Å². The van der Waals surface area contributed by atoms with E-state index in [9.17, 15) is 14.7 Å². The van der Waals surface area contributed by atoms with Crippen molar-refractivity contribution in [3.05, 3.63) is 29.8 Å². The summed E-state index contributed by atoms with van der Waals surface area (Å²) in [5.74, 6) is 1.33. The first-order valence-corrected chi connectivity index (χ1v) is 11.3. The zero-order valence-corrected chi connectivity index (χ0v) is 18.6. The summed E-state index contributed by atoms with van der Waals surface area (Å²) in [6.07, 6.45) is 0.770. The normalized spacial score (nSPS) is 21.3. The molecule has 0 aromatic heterocycles. The third-order valence-electron chi connectivity index (χ3n) is 5.84. The molecule has 9 nitrogen and oxygen atoms in total. The standard InChI is InChI=1S/C23H33N5O4/c1-2-25-22(30)7-8-26-23(31)28-13-18-9-19(14-28)12-27(11-18)15-20(29)16-32-21-5-3-17(10-24)4-6-21/h3-6,18-20,29H,2,7-9,11-16H2,1H3,(H,25,30)(H,26,31). The summed E-state index contributed by atoms with van der Waals surface area (Å²) < 4.78 is 5.65. The van der Waals surface area contributed by atoms with E-state index < -0.39 is 6.10 Å². The molecule has 3 rings (SSSR count). The Morgan fingerprint density at radius 3 is 2.50 bits per heavy atom. The number of carbonyl (C=O) groups is 2. The smallest absolute Gasteiger partial charge is 0.317 e. The molecule has 2 aliphatic rings. The first-order chi connectivity index (χ1) is 15.5. The topological polar surface area (TPSA) is 118 Å². The summed E-state index contributed by atoms with van der Waals surface area (Å²) in [4.78, 5) is 28.1. The number of ether oxygens (including phenoxy) is 1. The van der Waals surface area contributed by atoms with E-state index in [0.717, 1.165) is 19.5 Å². The molecule has 3 N–H and O–H groups in total. The van der Waals surface area contributed by atoms with Crippen molar-refractivity contribution in [1.82, 2.24) is 20.4 Å². The number of aliphatic hydroxyl groups is 1. The molecule has 2 heterocycles. The van der Waals surface area contributed by atoms with E-state index in [2.05, 4.69) is 21.6 Å². The van der Waals surface area contributed by atoms with Gasteiger partial charge in [0.15, 0.2) is 0 Å². The van der Waals surface area contributed by atoms with Crippen LogP contribution in [-0.2, 0) is 4.79 Å². The van der Waals surface area contributed by atoms with Gasteiger partial charge in [-0.25, -0.2) is 4.79 Å². The largest absolute Gasteiger partial charge is 0.491 e. The highest BCUT2D eigenvalue weighted by Gasteiger charge is 2.36. The van der Waals surface area contributed by atoms with Crippen LogP contribution in [0.1, 0.15) is 25.3 Å². The molecule has 1 aromatic rings. The molecule has 9 heteroatoms. The molecule has 3 unspecified atom stereocenters. The van der Waals surface area contributed by atoms with Crippen LogP contribution in [0, 0.1) is 23.2 Å². The molecule has 3 amide bonds. The van der Waals surface area contributed by atoms with Crippen LogP contribution < -0.4 is 15.4 Å². The van der Waals surface area contributed by atoms with Crippen molar-refractivity contribution >= 4 is 11.9 Å². The van der Waals surface area contributed by atoms with Gasteiger partial charge in [0.1, 0.15) is 18.5 Å². The second-order valence-corrected chi connectivity index (χ2v) is 8.63. The van der Waals surface area contributed by atoms with E-state index >= 15 is 0 Å². The van der Waals surface area contributed by atoms with Crippen LogP contribution in [0.4, 0.5) is 4.79 Å². The van der Waals surface area contributed by atoms with Crippen molar-refractivity contribution < 1.29 is 19.4 Å². The molecule has 0 spiro atoms. The molecule has 174 valence electrons. The fourth-order valence-corrected chi connectivity index (χ4v) is 4.55. The molecule has 32 heavy (non-hydrogen) atoms. The van der Waals surface area contributed by atoms with Crippen LogP contribution in [0.2, 0.25) is 0 Å². The van der Waals surface area contributed by atoms with Crippen molar-refractivity contribution in [2.24, 2.45) is 11.8 Å². The lowest BCUT2D eigenvalue weighted by atomic mass is 9.84. The first kappa shape index (κ1) is 23.8. The number of likely N-dealkylation sites (tertiary alicyclic amines) is 2. The lowest BCUT2D eigenvalue weighted by Crippen LogP contribution is -2.57. The van der Waals surface area contributed by atoms with Gasteiger partial charge in [0.05, 0.1) is 11.6 Å². The van der Waals surface area contributed by atoms with Gasteiger partial charge in [-0.2, -0.15) is 5.26 Å². The van der Waals surface area contributed by atoms with Gasteiger partial charge in [-0.3, -0.25) is 9.69 Å². The monoisotopic (exact) mass is 443 g/mol. The lowest BCUT2D eigenvalue weighted by molar-refractivity contribution is -0.120. The second kappa shape index (κ2) is 11.7. The Morgan fingerprint density at radius 2 is 1.88 bits per heavy atom. The summed E-state index contributed by atoms with van der Waals surface area (Å²) in [6, 6.07) is 8.80. The Morgan fingerprint density at radius 1 is 1.19 bits per heavy atom. The van der Waals surface area contributed by atoms with Crippen LogP contribution >= 0.6 is 0 Å². The van der Waals surface area contributed by atoms with Crippen molar-refractivity contribution in [3.8, 4) is 11.8 Å². The Labute approximate surface area is 189 Å². The number of benzene rings is 1. The molecule has 0 saturated carbocycles. The summed E-state index contributed by atoms with van der Waals surface area (Å²) in [6.45, 7) is 6.59. The maximum atomic E-state index is 12.5. The third kappa shape index (κ3) is 7.11. The van der Waals surface area contributed by atoms with Crippen molar-refractivity contribution in [2.45, 2.75) is 25.9 Å². The maximum absolute atomic E-state index is 12.5. The Balaban J connectivity index is 1.38. The van der Waals surface area contributed by atoms with E-state index in [-0.39, 0.29) is 25.0 Å². The number of aliphatic hydroxyl groups excluding tert-OH is 1. The predicted octanol–water partition coefficient (Wildman–Crippen LogP) is 0.787. The predicted molar refractivity (Wildman–Crippen MR) is 119 cm³/mol. The number of hydrogen-bond donors (Lipinski definition) is 3. The minimum absolute atomic E-state index is 0.0549. The minimum atomic E-state index is -0.613. The first-order valence-electron chi connectivity index (χ1n) is 11.3. The van der Waals surface area contributed by atoms with Crippen molar-refractivity contribution in [1.29, 1.82) is 5.26 Å². The number of nitrogens with zero attached hydrogens (tertiary/aromatic N) is 3. The average molecular weight is 444 g/mol. The Kier molecular flexibility index (Phi) is 8.71. The van der Waals surface area contributed by atoms with Gasteiger partial charge in [0.2, 0.25) is 5.91 Å². The molecule has 0 aliphatic carbocycles. The number of urea groups is 1. The van der Waals surface area contributed by atoms with Crippen molar-refractivity contribution in [3.63, 3.8) is 0 Å². The van der Waals surface area contributed by atoms with Crippen LogP contribution in [-0.4, -0.2) is 85.4 Å². The molecular weight excluding hydrogens is 410 g/mol. The molecular formula is C23H33N5O4. The molecule has 2 fully saturated rings. The minimum Gasteiger partial charge on any atom is -0.491 e. The molecule has 2 saturated heterocycles. The number of nitriles is 1. The summed E-state index contributed by atoms with van der Waals surface area (Å²) >= 11 is 0. The fourth-order valence-electron chi connectivity index (χ4n) is 4.55. The number of hydrogen-bond acceptors (Lipinski definition) is 6.